The lowest BCUT2D eigenvalue weighted by molar-refractivity contribution is -0.145. The van der Waals surface area contributed by atoms with Gasteiger partial charge in [-0.05, 0) is 19.1 Å². The monoisotopic (exact) mass is 355 g/mol. The quantitative estimate of drug-likeness (QED) is 0.750. The van der Waals surface area contributed by atoms with Gasteiger partial charge >= 0.3 is 0 Å². The number of nitrogens with zero attached hydrogens (tertiary/aromatic N) is 3. The standard InChI is InChI=1S/C15H21N3O5S/c1-2-24(20,21)17-6-7-22-12-15(10-17)11-18(14(19)9-23-15)13-4-3-5-16-8-13/h3-5,8H,2,6-7,9-12H2,1H3. The molecule has 1 spiro atoms. The van der Waals surface area contributed by atoms with Crippen molar-refractivity contribution in [1.29, 1.82) is 0 Å². The number of ether oxygens (including phenoxy) is 2. The minimum atomic E-state index is -3.36. The van der Waals surface area contributed by atoms with Crippen LogP contribution < -0.4 is 4.90 Å². The zero-order valence-electron chi connectivity index (χ0n) is 13.6. The summed E-state index contributed by atoms with van der Waals surface area (Å²) in [4.78, 5) is 17.9. The zero-order chi connectivity index (χ0) is 17.2. The molecule has 2 saturated heterocycles. The highest BCUT2D eigenvalue weighted by atomic mass is 32.2. The van der Waals surface area contributed by atoms with Crippen LogP contribution in [0.15, 0.2) is 24.5 Å². The summed E-state index contributed by atoms with van der Waals surface area (Å²) in [6.07, 6.45) is 3.24. The first kappa shape index (κ1) is 17.3. The molecule has 9 heteroatoms. The van der Waals surface area contributed by atoms with E-state index in [2.05, 4.69) is 4.98 Å². The Hall–Kier alpha value is -1.55. The Kier molecular flexibility index (Phi) is 4.86. The Balaban J connectivity index is 1.87. The molecule has 0 aromatic carbocycles. The number of morpholine rings is 1. The Morgan fingerprint density at radius 3 is 2.92 bits per heavy atom. The molecule has 0 bridgehead atoms. The lowest BCUT2D eigenvalue weighted by Gasteiger charge is -2.42. The van der Waals surface area contributed by atoms with Crippen LogP contribution in [0.5, 0.6) is 0 Å². The van der Waals surface area contributed by atoms with E-state index in [0.717, 1.165) is 0 Å². The second kappa shape index (κ2) is 6.75. The molecule has 1 amide bonds. The summed E-state index contributed by atoms with van der Waals surface area (Å²) in [5, 5.41) is 0. The van der Waals surface area contributed by atoms with Crippen LogP contribution in [0.25, 0.3) is 0 Å². The Morgan fingerprint density at radius 2 is 2.21 bits per heavy atom. The predicted molar refractivity (Wildman–Crippen MR) is 87.1 cm³/mol. The Bertz CT molecular complexity index is 696. The fourth-order valence-corrected chi connectivity index (χ4v) is 4.09. The summed E-state index contributed by atoms with van der Waals surface area (Å²) in [6, 6.07) is 3.55. The summed E-state index contributed by atoms with van der Waals surface area (Å²) in [5.74, 6) is -0.156. The highest BCUT2D eigenvalue weighted by Crippen LogP contribution is 2.27. The van der Waals surface area contributed by atoms with Gasteiger partial charge in [-0.25, -0.2) is 8.42 Å². The van der Waals surface area contributed by atoms with Gasteiger partial charge in [-0.15, -0.1) is 0 Å². The third-order valence-corrected chi connectivity index (χ3v) is 6.11. The van der Waals surface area contributed by atoms with E-state index < -0.39 is 15.6 Å². The van der Waals surface area contributed by atoms with Gasteiger partial charge in [-0.2, -0.15) is 4.31 Å². The number of amides is 1. The van der Waals surface area contributed by atoms with Crippen LogP contribution in [0.2, 0.25) is 0 Å². The molecule has 132 valence electrons. The van der Waals surface area contributed by atoms with Crippen molar-refractivity contribution >= 4 is 21.6 Å². The SMILES string of the molecule is CCS(=O)(=O)N1CCOCC2(CN(c3cccnc3)C(=O)CO2)C1. The van der Waals surface area contributed by atoms with Crippen molar-refractivity contribution < 1.29 is 22.7 Å². The van der Waals surface area contributed by atoms with Gasteiger partial charge in [-0.3, -0.25) is 9.78 Å². The molecule has 0 N–H and O–H groups in total. The summed E-state index contributed by atoms with van der Waals surface area (Å²) in [5.41, 5.74) is -0.206. The molecule has 24 heavy (non-hydrogen) atoms. The van der Waals surface area contributed by atoms with Gasteiger partial charge in [0.25, 0.3) is 5.91 Å². The Labute approximate surface area is 141 Å². The molecular formula is C15H21N3O5S. The fraction of sp³-hybridized carbons (Fsp3) is 0.600. The molecule has 2 aliphatic heterocycles. The van der Waals surface area contributed by atoms with Crippen LogP contribution >= 0.6 is 0 Å². The molecule has 1 atom stereocenters. The first-order valence-electron chi connectivity index (χ1n) is 7.86. The van der Waals surface area contributed by atoms with Gasteiger partial charge in [0.05, 0.1) is 37.4 Å². The zero-order valence-corrected chi connectivity index (χ0v) is 14.4. The van der Waals surface area contributed by atoms with Crippen molar-refractivity contribution in [2.45, 2.75) is 12.5 Å². The van der Waals surface area contributed by atoms with Crippen molar-refractivity contribution in [3.05, 3.63) is 24.5 Å². The summed E-state index contributed by atoms with van der Waals surface area (Å²) < 4.78 is 37.3. The van der Waals surface area contributed by atoms with Crippen molar-refractivity contribution in [1.82, 2.24) is 9.29 Å². The number of hydrogen-bond donors (Lipinski definition) is 0. The van der Waals surface area contributed by atoms with Gasteiger partial charge in [0.15, 0.2) is 0 Å². The Morgan fingerprint density at radius 1 is 1.38 bits per heavy atom. The topological polar surface area (TPSA) is 89.0 Å². The molecule has 1 unspecified atom stereocenters. The van der Waals surface area contributed by atoms with E-state index in [9.17, 15) is 13.2 Å². The second-order valence-electron chi connectivity index (χ2n) is 5.95. The molecule has 1 aromatic rings. The molecule has 8 nitrogen and oxygen atoms in total. The van der Waals surface area contributed by atoms with Gasteiger partial charge in [-0.1, -0.05) is 0 Å². The predicted octanol–water partition coefficient (Wildman–Crippen LogP) is -0.134. The van der Waals surface area contributed by atoms with E-state index in [1.54, 1.807) is 36.4 Å². The minimum absolute atomic E-state index is 0.0222. The number of rotatable bonds is 3. The molecule has 3 rings (SSSR count). The summed E-state index contributed by atoms with van der Waals surface area (Å²) in [6.45, 7) is 2.75. The largest absolute Gasteiger partial charge is 0.377 e. The average molecular weight is 355 g/mol. The normalized spacial score (nSPS) is 26.5. The maximum atomic E-state index is 12.3. The molecule has 0 radical (unpaired) electrons. The van der Waals surface area contributed by atoms with Crippen LogP contribution in [0.3, 0.4) is 0 Å². The maximum absolute atomic E-state index is 12.3. The molecule has 2 aliphatic rings. The van der Waals surface area contributed by atoms with E-state index in [1.807, 2.05) is 0 Å². The highest BCUT2D eigenvalue weighted by molar-refractivity contribution is 7.89. The van der Waals surface area contributed by atoms with Crippen molar-refractivity contribution in [3.63, 3.8) is 0 Å². The third kappa shape index (κ3) is 3.44. The number of sulfonamides is 1. The highest BCUT2D eigenvalue weighted by Gasteiger charge is 2.45. The molecule has 3 heterocycles. The molecule has 1 aromatic heterocycles. The number of carbonyl (C=O) groups is 1. The van der Waals surface area contributed by atoms with Crippen LogP contribution in [-0.4, -0.2) is 74.4 Å². The van der Waals surface area contributed by atoms with Gasteiger partial charge < -0.3 is 14.4 Å². The lowest BCUT2D eigenvalue weighted by Crippen LogP contribution is -2.61. The van der Waals surface area contributed by atoms with Gasteiger partial charge in [0.1, 0.15) is 12.2 Å². The van der Waals surface area contributed by atoms with Crippen LogP contribution in [0.4, 0.5) is 5.69 Å². The summed E-state index contributed by atoms with van der Waals surface area (Å²) >= 11 is 0. The average Bonchev–Trinajstić information content (AvgIpc) is 2.81. The lowest BCUT2D eigenvalue weighted by atomic mass is 10.0. The van der Waals surface area contributed by atoms with Crippen molar-refractivity contribution in [2.24, 2.45) is 0 Å². The number of anilines is 1. The first-order valence-corrected chi connectivity index (χ1v) is 9.47. The smallest absolute Gasteiger partial charge is 0.253 e. The van der Waals surface area contributed by atoms with E-state index in [4.69, 9.17) is 9.47 Å². The van der Waals surface area contributed by atoms with E-state index in [-0.39, 0.29) is 38.0 Å². The molecule has 2 fully saturated rings. The van der Waals surface area contributed by atoms with Crippen LogP contribution in [-0.2, 0) is 24.3 Å². The van der Waals surface area contributed by atoms with Crippen molar-refractivity contribution in [3.8, 4) is 0 Å². The van der Waals surface area contributed by atoms with E-state index in [1.165, 1.54) is 4.31 Å². The first-order chi connectivity index (χ1) is 11.5. The van der Waals surface area contributed by atoms with Gasteiger partial charge in [0.2, 0.25) is 10.0 Å². The van der Waals surface area contributed by atoms with Crippen LogP contribution in [0, 0.1) is 0 Å². The van der Waals surface area contributed by atoms with Gasteiger partial charge in [0, 0.05) is 19.3 Å². The third-order valence-electron chi connectivity index (χ3n) is 4.28. The fourth-order valence-electron chi connectivity index (χ4n) is 2.94. The second-order valence-corrected chi connectivity index (χ2v) is 8.21. The minimum Gasteiger partial charge on any atom is -0.377 e. The maximum Gasteiger partial charge on any atom is 0.253 e. The van der Waals surface area contributed by atoms with E-state index >= 15 is 0 Å². The molecule has 0 aliphatic carbocycles. The van der Waals surface area contributed by atoms with Crippen molar-refractivity contribution in [2.75, 3.05) is 50.1 Å². The number of aromatic nitrogens is 1. The number of pyridine rings is 1. The summed E-state index contributed by atoms with van der Waals surface area (Å²) in [7, 11) is -3.36. The van der Waals surface area contributed by atoms with E-state index in [0.29, 0.717) is 18.8 Å². The van der Waals surface area contributed by atoms with Crippen LogP contribution in [0.1, 0.15) is 6.92 Å². The molecule has 0 saturated carbocycles. The molecular weight excluding hydrogens is 334 g/mol. The number of hydrogen-bond acceptors (Lipinski definition) is 6. The number of carbonyl (C=O) groups excluding carboxylic acids is 1.